The quantitative estimate of drug-likeness (QED) is 0.795. The molecule has 1 amide bonds. The molecule has 2 aliphatic heterocycles. The molecule has 24 heavy (non-hydrogen) atoms. The number of rotatable bonds is 3. The average molecular weight is 330 g/mol. The van der Waals surface area contributed by atoms with Crippen LogP contribution in [0.15, 0.2) is 18.3 Å². The average Bonchev–Trinajstić information content (AvgIpc) is 2.77. The maximum absolute atomic E-state index is 12.3. The van der Waals surface area contributed by atoms with Gasteiger partial charge >= 0.3 is 7.12 Å². The number of hydrogen-bond acceptors (Lipinski definition) is 4. The van der Waals surface area contributed by atoms with E-state index in [1.807, 2.05) is 44.7 Å². The number of carbonyl (C=O) groups is 1. The minimum Gasteiger partial charge on any atom is -0.399 e. The van der Waals surface area contributed by atoms with Crippen LogP contribution in [-0.4, -0.2) is 47.2 Å². The molecule has 6 heteroatoms. The molecule has 0 aliphatic carbocycles. The van der Waals surface area contributed by atoms with E-state index in [0.29, 0.717) is 6.42 Å². The van der Waals surface area contributed by atoms with E-state index in [1.165, 1.54) is 6.42 Å². The summed E-state index contributed by atoms with van der Waals surface area (Å²) in [7, 11) is -0.408. The van der Waals surface area contributed by atoms with Crippen molar-refractivity contribution < 1.29 is 14.1 Å². The van der Waals surface area contributed by atoms with E-state index in [-0.39, 0.29) is 17.1 Å². The number of piperidine rings is 1. The van der Waals surface area contributed by atoms with Gasteiger partial charge in [0.1, 0.15) is 0 Å². The van der Waals surface area contributed by atoms with E-state index in [9.17, 15) is 4.79 Å². The molecule has 0 bridgehead atoms. The Kier molecular flexibility index (Phi) is 4.71. The largest absolute Gasteiger partial charge is 0.496 e. The van der Waals surface area contributed by atoms with E-state index in [0.717, 1.165) is 37.1 Å². The molecule has 0 atom stereocenters. The molecule has 2 saturated heterocycles. The van der Waals surface area contributed by atoms with Crippen LogP contribution in [0.3, 0.4) is 0 Å². The Balaban J connectivity index is 1.63. The van der Waals surface area contributed by atoms with Crippen LogP contribution in [-0.2, 0) is 20.5 Å². The normalized spacial score (nSPS) is 22.7. The van der Waals surface area contributed by atoms with E-state index in [1.54, 1.807) is 6.20 Å². The van der Waals surface area contributed by atoms with E-state index < -0.39 is 7.12 Å². The first-order valence-electron chi connectivity index (χ1n) is 8.87. The third-order valence-electron chi connectivity index (χ3n) is 5.41. The highest BCUT2D eigenvalue weighted by Crippen LogP contribution is 2.36. The van der Waals surface area contributed by atoms with Crippen LogP contribution >= 0.6 is 0 Å². The first-order chi connectivity index (χ1) is 11.3. The Bertz CT molecular complexity index is 579. The number of likely N-dealkylation sites (tertiary alicyclic amines) is 1. The monoisotopic (exact) mass is 330 g/mol. The Labute approximate surface area is 144 Å². The summed E-state index contributed by atoms with van der Waals surface area (Å²) in [5.74, 6) is 0.172. The Morgan fingerprint density at radius 2 is 1.75 bits per heavy atom. The van der Waals surface area contributed by atoms with Gasteiger partial charge in [-0.15, -0.1) is 0 Å². The third-order valence-corrected chi connectivity index (χ3v) is 5.41. The highest BCUT2D eigenvalue weighted by molar-refractivity contribution is 6.62. The second kappa shape index (κ2) is 6.49. The van der Waals surface area contributed by atoms with Gasteiger partial charge in [0, 0.05) is 30.4 Å². The molecule has 0 N–H and O–H groups in total. The Morgan fingerprint density at radius 1 is 1.12 bits per heavy atom. The minimum absolute atomic E-state index is 0.172. The zero-order valence-corrected chi connectivity index (χ0v) is 15.2. The van der Waals surface area contributed by atoms with E-state index >= 15 is 0 Å². The first kappa shape index (κ1) is 17.4. The minimum atomic E-state index is -0.408. The lowest BCUT2D eigenvalue weighted by atomic mass is 9.80. The summed E-state index contributed by atoms with van der Waals surface area (Å²) in [6, 6.07) is 3.86. The molecule has 1 aromatic heterocycles. The zero-order chi connectivity index (χ0) is 17.4. The molecular formula is C18H27BN2O3. The summed E-state index contributed by atoms with van der Waals surface area (Å²) in [6.45, 7) is 9.89. The number of nitrogens with zero attached hydrogens (tertiary/aromatic N) is 2. The number of aromatic nitrogens is 1. The molecule has 1 aromatic rings. The summed E-state index contributed by atoms with van der Waals surface area (Å²) >= 11 is 0. The van der Waals surface area contributed by atoms with Crippen molar-refractivity contribution in [1.82, 2.24) is 9.88 Å². The molecule has 0 spiro atoms. The van der Waals surface area contributed by atoms with Crippen LogP contribution in [0.5, 0.6) is 0 Å². The summed E-state index contributed by atoms with van der Waals surface area (Å²) in [5.41, 5.74) is 0.967. The fourth-order valence-electron chi connectivity index (χ4n) is 3.07. The van der Waals surface area contributed by atoms with Crippen LogP contribution in [0.25, 0.3) is 0 Å². The van der Waals surface area contributed by atoms with Gasteiger partial charge in [-0.1, -0.05) is 6.07 Å². The number of amides is 1. The van der Waals surface area contributed by atoms with Gasteiger partial charge in [-0.05, 0) is 53.0 Å². The highest BCUT2D eigenvalue weighted by atomic mass is 16.7. The topological polar surface area (TPSA) is 51.7 Å². The van der Waals surface area contributed by atoms with Gasteiger partial charge < -0.3 is 14.2 Å². The molecular weight excluding hydrogens is 303 g/mol. The molecule has 0 radical (unpaired) electrons. The second-order valence-electron chi connectivity index (χ2n) is 7.79. The van der Waals surface area contributed by atoms with Crippen LogP contribution in [0, 0.1) is 0 Å². The van der Waals surface area contributed by atoms with Crippen LogP contribution in [0.4, 0.5) is 0 Å². The smallest absolute Gasteiger partial charge is 0.399 e. The van der Waals surface area contributed by atoms with Crippen LogP contribution in [0.2, 0.25) is 0 Å². The van der Waals surface area contributed by atoms with Gasteiger partial charge in [-0.2, -0.15) is 0 Å². The van der Waals surface area contributed by atoms with Gasteiger partial charge in [0.25, 0.3) is 0 Å². The molecule has 2 aliphatic rings. The molecule has 130 valence electrons. The SMILES string of the molecule is CC1(C)OB(c2ccc(CC(=O)N3CCCCC3)nc2)OC1(C)C. The standard InChI is InChI=1S/C18H27BN2O3/c1-17(2)18(3,4)24-19(23-17)14-8-9-15(20-13-14)12-16(22)21-10-6-5-7-11-21/h8-9,13H,5-7,10-12H2,1-4H3. The van der Waals surface area contributed by atoms with Crippen LogP contribution < -0.4 is 5.46 Å². The molecule has 3 rings (SSSR count). The lowest BCUT2D eigenvalue weighted by Gasteiger charge is -2.32. The predicted octanol–water partition coefficient (Wildman–Crippen LogP) is 1.94. The fraction of sp³-hybridized carbons (Fsp3) is 0.667. The van der Waals surface area contributed by atoms with Gasteiger partial charge in [-0.3, -0.25) is 9.78 Å². The van der Waals surface area contributed by atoms with Crippen molar-refractivity contribution in [3.8, 4) is 0 Å². The number of pyridine rings is 1. The summed E-state index contributed by atoms with van der Waals surface area (Å²) in [5, 5.41) is 0. The zero-order valence-electron chi connectivity index (χ0n) is 15.2. The van der Waals surface area contributed by atoms with Crippen molar-refractivity contribution >= 4 is 18.5 Å². The number of hydrogen-bond donors (Lipinski definition) is 0. The molecule has 2 fully saturated rings. The molecule has 5 nitrogen and oxygen atoms in total. The number of carbonyl (C=O) groups excluding carboxylic acids is 1. The highest BCUT2D eigenvalue weighted by Gasteiger charge is 2.51. The second-order valence-corrected chi connectivity index (χ2v) is 7.79. The van der Waals surface area contributed by atoms with Gasteiger partial charge in [0.05, 0.1) is 17.6 Å². The Morgan fingerprint density at radius 3 is 2.29 bits per heavy atom. The predicted molar refractivity (Wildman–Crippen MR) is 94.1 cm³/mol. The Hall–Kier alpha value is -1.40. The van der Waals surface area contributed by atoms with Crippen molar-refractivity contribution in [2.45, 2.75) is 64.6 Å². The summed E-state index contributed by atoms with van der Waals surface area (Å²) < 4.78 is 12.1. The maximum atomic E-state index is 12.3. The van der Waals surface area contributed by atoms with Gasteiger partial charge in [-0.25, -0.2) is 0 Å². The van der Waals surface area contributed by atoms with E-state index in [4.69, 9.17) is 9.31 Å². The molecule has 3 heterocycles. The summed E-state index contributed by atoms with van der Waals surface area (Å²) in [6.07, 6.45) is 5.58. The lowest BCUT2D eigenvalue weighted by molar-refractivity contribution is -0.131. The van der Waals surface area contributed by atoms with Crippen molar-refractivity contribution in [2.75, 3.05) is 13.1 Å². The van der Waals surface area contributed by atoms with E-state index in [2.05, 4.69) is 4.98 Å². The summed E-state index contributed by atoms with van der Waals surface area (Å²) in [4.78, 5) is 18.7. The fourth-order valence-corrected chi connectivity index (χ4v) is 3.07. The molecule has 0 saturated carbocycles. The lowest BCUT2D eigenvalue weighted by Crippen LogP contribution is -2.41. The van der Waals surface area contributed by atoms with Gasteiger partial charge in [0.15, 0.2) is 0 Å². The first-order valence-corrected chi connectivity index (χ1v) is 8.87. The van der Waals surface area contributed by atoms with Gasteiger partial charge in [0.2, 0.25) is 5.91 Å². The van der Waals surface area contributed by atoms with Crippen molar-refractivity contribution in [3.63, 3.8) is 0 Å². The van der Waals surface area contributed by atoms with Crippen molar-refractivity contribution in [3.05, 3.63) is 24.0 Å². The van der Waals surface area contributed by atoms with Crippen LogP contribution in [0.1, 0.15) is 52.7 Å². The molecule has 0 aromatic carbocycles. The third kappa shape index (κ3) is 3.49. The maximum Gasteiger partial charge on any atom is 0.496 e. The van der Waals surface area contributed by atoms with Crippen molar-refractivity contribution in [1.29, 1.82) is 0 Å². The van der Waals surface area contributed by atoms with Crippen molar-refractivity contribution in [2.24, 2.45) is 0 Å². The molecule has 0 unspecified atom stereocenters.